The van der Waals surface area contributed by atoms with E-state index in [0.29, 0.717) is 5.25 Å². The quantitative estimate of drug-likeness (QED) is 0.541. The van der Waals surface area contributed by atoms with Gasteiger partial charge in [-0.25, -0.2) is 24.0 Å². The molecule has 0 amide bonds. The molecule has 2 unspecified atom stereocenters. The number of hydrogen-bond acceptors (Lipinski definition) is 6. The molecule has 1 fully saturated rings. The van der Waals surface area contributed by atoms with Crippen LogP contribution in [0.4, 0.5) is 5.82 Å². The fraction of sp³-hybridized carbons (Fsp3) is 0.583. The number of anilines is 1. The smallest absolute Gasteiger partial charge is 0.244 e. The Morgan fingerprint density at radius 3 is 3.00 bits per heavy atom. The van der Waals surface area contributed by atoms with E-state index in [1.165, 1.54) is 12.3 Å². The van der Waals surface area contributed by atoms with Gasteiger partial charge in [0, 0.05) is 17.5 Å². The molecule has 1 aromatic rings. The van der Waals surface area contributed by atoms with Crippen LogP contribution < -0.4 is 16.0 Å². The minimum Gasteiger partial charge on any atom is -0.307 e. The summed E-state index contributed by atoms with van der Waals surface area (Å²) in [5.74, 6) is 6.54. The molecule has 2 rings (SSSR count). The summed E-state index contributed by atoms with van der Waals surface area (Å²) >= 11 is 1.89. The van der Waals surface area contributed by atoms with Gasteiger partial charge in [-0.3, -0.25) is 0 Å². The topological polar surface area (TPSA) is 97.1 Å². The summed E-state index contributed by atoms with van der Waals surface area (Å²) in [5.41, 5.74) is 2.32. The normalized spacial score (nSPS) is 22.9. The highest BCUT2D eigenvalue weighted by Gasteiger charge is 2.29. The summed E-state index contributed by atoms with van der Waals surface area (Å²) in [7, 11) is -3.59. The first-order valence-electron chi connectivity index (χ1n) is 6.62. The first kappa shape index (κ1) is 15.6. The van der Waals surface area contributed by atoms with Gasteiger partial charge in [-0.2, -0.15) is 11.8 Å². The molecule has 1 saturated carbocycles. The standard InChI is InChI=1S/C12H20N4O2S2/c1-2-19-10-6-5-9(8-10)16-20(17,18)11-4-3-7-14-12(11)15-13/h3-4,7,9-10,16H,2,5-6,8,13H2,1H3,(H,14,15). The van der Waals surface area contributed by atoms with Gasteiger partial charge in [0.05, 0.1) is 0 Å². The summed E-state index contributed by atoms with van der Waals surface area (Å²) < 4.78 is 27.5. The number of nitrogens with two attached hydrogens (primary N) is 1. The molecule has 1 heterocycles. The lowest BCUT2D eigenvalue weighted by Gasteiger charge is -2.15. The number of pyridine rings is 1. The monoisotopic (exact) mass is 316 g/mol. The highest BCUT2D eigenvalue weighted by atomic mass is 32.2. The molecule has 0 spiro atoms. The van der Waals surface area contributed by atoms with E-state index < -0.39 is 10.0 Å². The third-order valence-electron chi connectivity index (χ3n) is 3.31. The number of hydrogen-bond donors (Lipinski definition) is 3. The van der Waals surface area contributed by atoms with Gasteiger partial charge in [0.1, 0.15) is 4.90 Å². The van der Waals surface area contributed by atoms with Crippen molar-refractivity contribution >= 4 is 27.6 Å². The molecule has 2 atom stereocenters. The molecular formula is C12H20N4O2S2. The molecule has 1 aliphatic carbocycles. The van der Waals surface area contributed by atoms with Crippen molar-refractivity contribution in [1.82, 2.24) is 9.71 Å². The molecule has 4 N–H and O–H groups in total. The highest BCUT2D eigenvalue weighted by molar-refractivity contribution is 7.99. The van der Waals surface area contributed by atoms with Crippen LogP contribution in [0.1, 0.15) is 26.2 Å². The van der Waals surface area contributed by atoms with E-state index in [4.69, 9.17) is 5.84 Å². The molecule has 1 aromatic heterocycles. The molecule has 6 nitrogen and oxygen atoms in total. The second kappa shape index (κ2) is 6.75. The highest BCUT2D eigenvalue weighted by Crippen LogP contribution is 2.30. The maximum Gasteiger partial charge on any atom is 0.244 e. The van der Waals surface area contributed by atoms with E-state index in [2.05, 4.69) is 22.1 Å². The van der Waals surface area contributed by atoms with Crippen molar-refractivity contribution in [3.05, 3.63) is 18.3 Å². The lowest BCUT2D eigenvalue weighted by Crippen LogP contribution is -2.34. The van der Waals surface area contributed by atoms with E-state index >= 15 is 0 Å². The molecular weight excluding hydrogens is 296 g/mol. The number of nitrogens with one attached hydrogen (secondary N) is 2. The van der Waals surface area contributed by atoms with Crippen molar-refractivity contribution in [1.29, 1.82) is 0 Å². The SMILES string of the molecule is CCSC1CCC(NS(=O)(=O)c2cccnc2NN)C1. The minimum absolute atomic E-state index is 0.00474. The molecule has 0 aromatic carbocycles. The molecule has 0 saturated heterocycles. The summed E-state index contributed by atoms with van der Waals surface area (Å²) in [6.07, 6.45) is 4.31. The number of rotatable bonds is 6. The fourth-order valence-corrected chi connectivity index (χ4v) is 4.98. The minimum atomic E-state index is -3.59. The predicted molar refractivity (Wildman–Crippen MR) is 81.9 cm³/mol. The van der Waals surface area contributed by atoms with Gasteiger partial charge in [-0.05, 0) is 37.1 Å². The van der Waals surface area contributed by atoms with Gasteiger partial charge in [0.2, 0.25) is 10.0 Å². The molecule has 8 heteroatoms. The number of thioether (sulfide) groups is 1. The van der Waals surface area contributed by atoms with Crippen molar-refractivity contribution in [2.75, 3.05) is 11.2 Å². The van der Waals surface area contributed by atoms with Crippen LogP contribution in [0, 0.1) is 0 Å². The Balaban J connectivity index is 2.08. The van der Waals surface area contributed by atoms with Crippen LogP contribution in [0.3, 0.4) is 0 Å². The molecule has 0 aliphatic heterocycles. The zero-order valence-corrected chi connectivity index (χ0v) is 13.0. The first-order chi connectivity index (χ1) is 9.56. The Bertz CT molecular complexity index is 550. The van der Waals surface area contributed by atoms with Crippen LogP contribution in [-0.4, -0.2) is 30.4 Å². The summed E-state index contributed by atoms with van der Waals surface area (Å²) in [5, 5.41) is 0.550. The average Bonchev–Trinajstić information content (AvgIpc) is 2.85. The molecule has 1 aliphatic rings. The van der Waals surface area contributed by atoms with Gasteiger partial charge in [-0.1, -0.05) is 6.92 Å². The number of sulfonamides is 1. The Labute approximate surface area is 123 Å². The average molecular weight is 316 g/mol. The van der Waals surface area contributed by atoms with Crippen molar-refractivity contribution in [3.63, 3.8) is 0 Å². The largest absolute Gasteiger partial charge is 0.307 e. The van der Waals surface area contributed by atoms with E-state index in [-0.39, 0.29) is 16.8 Å². The maximum atomic E-state index is 12.4. The molecule has 20 heavy (non-hydrogen) atoms. The van der Waals surface area contributed by atoms with Crippen LogP contribution in [-0.2, 0) is 10.0 Å². The van der Waals surface area contributed by atoms with Crippen LogP contribution >= 0.6 is 11.8 Å². The Kier molecular flexibility index (Phi) is 5.25. The van der Waals surface area contributed by atoms with Crippen LogP contribution in [0.15, 0.2) is 23.2 Å². The number of aromatic nitrogens is 1. The predicted octanol–water partition coefficient (Wildman–Crippen LogP) is 1.32. The van der Waals surface area contributed by atoms with Crippen molar-refractivity contribution in [3.8, 4) is 0 Å². The van der Waals surface area contributed by atoms with Crippen molar-refractivity contribution < 1.29 is 8.42 Å². The Morgan fingerprint density at radius 2 is 2.30 bits per heavy atom. The summed E-state index contributed by atoms with van der Waals surface area (Å²) in [4.78, 5) is 4.01. The first-order valence-corrected chi connectivity index (χ1v) is 9.15. The Morgan fingerprint density at radius 1 is 1.50 bits per heavy atom. The van der Waals surface area contributed by atoms with Crippen LogP contribution in [0.5, 0.6) is 0 Å². The lowest BCUT2D eigenvalue weighted by atomic mass is 10.3. The second-order valence-electron chi connectivity index (χ2n) is 4.70. The summed E-state index contributed by atoms with van der Waals surface area (Å²) in [6.45, 7) is 2.12. The van der Waals surface area contributed by atoms with E-state index in [0.717, 1.165) is 25.0 Å². The summed E-state index contributed by atoms with van der Waals surface area (Å²) in [6, 6.07) is 3.08. The molecule has 0 radical (unpaired) electrons. The second-order valence-corrected chi connectivity index (χ2v) is 7.96. The van der Waals surface area contributed by atoms with Gasteiger partial charge in [-0.15, -0.1) is 0 Å². The van der Waals surface area contributed by atoms with E-state index in [9.17, 15) is 8.42 Å². The van der Waals surface area contributed by atoms with Crippen molar-refractivity contribution in [2.45, 2.75) is 42.4 Å². The molecule has 0 bridgehead atoms. The van der Waals surface area contributed by atoms with Gasteiger partial charge in [0.25, 0.3) is 0 Å². The van der Waals surface area contributed by atoms with Gasteiger partial charge < -0.3 is 5.43 Å². The maximum absolute atomic E-state index is 12.4. The van der Waals surface area contributed by atoms with Crippen molar-refractivity contribution in [2.24, 2.45) is 5.84 Å². The lowest BCUT2D eigenvalue weighted by molar-refractivity contribution is 0.552. The number of nitrogens with zero attached hydrogens (tertiary/aromatic N) is 1. The Hall–Kier alpha value is -0.830. The third-order valence-corrected chi connectivity index (χ3v) is 6.09. The number of hydrazine groups is 1. The number of nitrogen functional groups attached to an aromatic ring is 1. The zero-order chi connectivity index (χ0) is 14.6. The van der Waals surface area contributed by atoms with Gasteiger partial charge in [0.15, 0.2) is 5.82 Å². The van der Waals surface area contributed by atoms with E-state index in [1.54, 1.807) is 6.07 Å². The molecule has 112 valence electrons. The van der Waals surface area contributed by atoms with E-state index in [1.807, 2.05) is 11.8 Å². The van der Waals surface area contributed by atoms with Crippen LogP contribution in [0.25, 0.3) is 0 Å². The zero-order valence-electron chi connectivity index (χ0n) is 11.4. The van der Waals surface area contributed by atoms with Gasteiger partial charge >= 0.3 is 0 Å². The fourth-order valence-electron chi connectivity index (χ4n) is 2.43. The third kappa shape index (κ3) is 3.63. The van der Waals surface area contributed by atoms with Crippen LogP contribution in [0.2, 0.25) is 0 Å².